The molecule has 0 radical (unpaired) electrons. The van der Waals surface area contributed by atoms with Gasteiger partial charge in [0, 0.05) is 24.4 Å². The van der Waals surface area contributed by atoms with Crippen LogP contribution in [0.5, 0.6) is 0 Å². The van der Waals surface area contributed by atoms with Gasteiger partial charge in [-0.05, 0) is 66.2 Å². The zero-order chi connectivity index (χ0) is 28.0. The van der Waals surface area contributed by atoms with Crippen LogP contribution >= 0.6 is 0 Å². The summed E-state index contributed by atoms with van der Waals surface area (Å²) in [4.78, 5) is 20.3. The van der Waals surface area contributed by atoms with E-state index in [9.17, 15) is 4.79 Å². The Morgan fingerprint density at radius 1 is 0.725 bits per heavy atom. The summed E-state index contributed by atoms with van der Waals surface area (Å²) < 4.78 is 0. The molecule has 0 bridgehead atoms. The van der Waals surface area contributed by atoms with E-state index in [2.05, 4.69) is 67.8 Å². The Balaban J connectivity index is 1.30. The minimum Gasteiger partial charge on any atom is -0.481 e. The van der Waals surface area contributed by atoms with Crippen LogP contribution in [0.2, 0.25) is 0 Å². The average molecular weight is 541 g/mol. The normalized spacial score (nSPS) is 14.4. The second-order valence-corrected chi connectivity index (χ2v) is 11.9. The summed E-state index contributed by atoms with van der Waals surface area (Å²) in [5.74, 6) is 0.109. The van der Waals surface area contributed by atoms with Crippen molar-refractivity contribution in [1.29, 1.82) is 0 Å². The molecule has 1 aliphatic rings. The summed E-state index contributed by atoms with van der Waals surface area (Å²) in [7, 11) is 0. The van der Waals surface area contributed by atoms with Gasteiger partial charge in [-0.25, -0.2) is 9.97 Å². The van der Waals surface area contributed by atoms with Crippen molar-refractivity contribution in [3.8, 4) is 22.5 Å². The maximum atomic E-state index is 10.7. The second-order valence-electron chi connectivity index (χ2n) is 11.9. The highest BCUT2D eigenvalue weighted by molar-refractivity contribution is 5.68. The van der Waals surface area contributed by atoms with Gasteiger partial charge in [0.1, 0.15) is 0 Å². The van der Waals surface area contributed by atoms with E-state index in [1.165, 1.54) is 106 Å². The number of carboxylic acids is 1. The largest absolute Gasteiger partial charge is 0.481 e. The first kappa shape index (κ1) is 30.0. The van der Waals surface area contributed by atoms with Gasteiger partial charge in [0.2, 0.25) is 0 Å². The fraction of sp³-hybridized carbons (Fsp3) is 0.528. The monoisotopic (exact) mass is 540 g/mol. The maximum Gasteiger partial charge on any atom is 0.303 e. The number of carboxylic acid groups (broad SMARTS) is 1. The van der Waals surface area contributed by atoms with Crippen LogP contribution in [0.4, 0.5) is 0 Å². The smallest absolute Gasteiger partial charge is 0.303 e. The zero-order valence-electron chi connectivity index (χ0n) is 24.5. The fourth-order valence-electron chi connectivity index (χ4n) is 6.36. The SMILES string of the molecule is CCCCCCCc1ccc(-c2ccc(-c3ncc(C4(CCCCCCCC(=O)O)CCCC4)cn3)cc2)cc1. The van der Waals surface area contributed by atoms with Crippen LogP contribution in [0, 0.1) is 0 Å². The third kappa shape index (κ3) is 8.74. The molecule has 1 fully saturated rings. The number of hydrogen-bond acceptors (Lipinski definition) is 3. The summed E-state index contributed by atoms with van der Waals surface area (Å²) in [6.45, 7) is 2.27. The van der Waals surface area contributed by atoms with E-state index in [4.69, 9.17) is 15.1 Å². The number of aliphatic carboxylic acids is 1. The van der Waals surface area contributed by atoms with E-state index in [0.717, 1.165) is 30.7 Å². The van der Waals surface area contributed by atoms with Gasteiger partial charge in [-0.2, -0.15) is 0 Å². The number of aromatic nitrogens is 2. The molecule has 1 heterocycles. The summed E-state index contributed by atoms with van der Waals surface area (Å²) in [6, 6.07) is 17.7. The molecule has 1 aliphatic carbocycles. The van der Waals surface area contributed by atoms with Crippen LogP contribution in [0.15, 0.2) is 60.9 Å². The molecule has 4 rings (SSSR count). The number of hydrogen-bond donors (Lipinski definition) is 1. The molecule has 1 aromatic heterocycles. The first-order valence-electron chi connectivity index (χ1n) is 15.8. The fourth-order valence-corrected chi connectivity index (χ4v) is 6.36. The van der Waals surface area contributed by atoms with E-state index < -0.39 is 5.97 Å². The van der Waals surface area contributed by atoms with Crippen molar-refractivity contribution >= 4 is 5.97 Å². The van der Waals surface area contributed by atoms with Crippen molar-refractivity contribution in [1.82, 2.24) is 9.97 Å². The lowest BCUT2D eigenvalue weighted by Crippen LogP contribution is -2.22. The molecule has 0 spiro atoms. The molecule has 4 nitrogen and oxygen atoms in total. The molecule has 1 saturated carbocycles. The molecule has 0 amide bonds. The zero-order valence-corrected chi connectivity index (χ0v) is 24.5. The van der Waals surface area contributed by atoms with Crippen LogP contribution in [0.25, 0.3) is 22.5 Å². The molecule has 40 heavy (non-hydrogen) atoms. The molecule has 3 aromatic rings. The van der Waals surface area contributed by atoms with Gasteiger partial charge in [-0.3, -0.25) is 4.79 Å². The van der Waals surface area contributed by atoms with Gasteiger partial charge >= 0.3 is 5.97 Å². The second kappa shape index (κ2) is 15.7. The van der Waals surface area contributed by atoms with E-state index >= 15 is 0 Å². The highest BCUT2D eigenvalue weighted by atomic mass is 16.4. The number of nitrogens with zero attached hydrogens (tertiary/aromatic N) is 2. The summed E-state index contributed by atoms with van der Waals surface area (Å²) in [5.41, 5.74) is 6.47. The van der Waals surface area contributed by atoms with Crippen LogP contribution in [0.1, 0.15) is 121 Å². The van der Waals surface area contributed by atoms with Gasteiger partial charge in [0.15, 0.2) is 5.82 Å². The molecular weight excluding hydrogens is 492 g/mol. The lowest BCUT2D eigenvalue weighted by Gasteiger charge is -2.29. The number of rotatable bonds is 17. The Morgan fingerprint density at radius 3 is 1.93 bits per heavy atom. The highest BCUT2D eigenvalue weighted by Crippen LogP contribution is 2.44. The minimum absolute atomic E-state index is 0.213. The Labute approximate surface area is 241 Å². The molecule has 0 saturated heterocycles. The van der Waals surface area contributed by atoms with Crippen LogP contribution < -0.4 is 0 Å². The standard InChI is InChI=1S/C36H48N2O2/c1-2-3-4-6-9-14-29-16-18-30(19-17-29)31-20-22-32(23-21-31)35-37-27-33(28-38-35)36(25-12-13-26-36)24-11-8-5-7-10-15-34(39)40/h16-23,27-28H,2-15,24-26H2,1H3,(H,39,40). The Hall–Kier alpha value is -3.01. The van der Waals surface area contributed by atoms with Crippen molar-refractivity contribution in [2.24, 2.45) is 0 Å². The van der Waals surface area contributed by atoms with Crippen molar-refractivity contribution in [2.75, 3.05) is 0 Å². The van der Waals surface area contributed by atoms with Gasteiger partial charge in [-0.1, -0.05) is 120 Å². The molecule has 214 valence electrons. The first-order chi connectivity index (χ1) is 19.6. The lowest BCUT2D eigenvalue weighted by molar-refractivity contribution is -0.137. The predicted molar refractivity (Wildman–Crippen MR) is 165 cm³/mol. The van der Waals surface area contributed by atoms with Crippen molar-refractivity contribution in [3.05, 3.63) is 72.1 Å². The number of unbranched alkanes of at least 4 members (excludes halogenated alkanes) is 8. The third-order valence-corrected chi connectivity index (χ3v) is 8.87. The maximum absolute atomic E-state index is 10.7. The topological polar surface area (TPSA) is 63.1 Å². The van der Waals surface area contributed by atoms with Gasteiger partial charge < -0.3 is 5.11 Å². The number of aryl methyl sites for hydroxylation is 1. The number of carbonyl (C=O) groups is 1. The first-order valence-corrected chi connectivity index (χ1v) is 15.8. The van der Waals surface area contributed by atoms with Gasteiger partial charge in [-0.15, -0.1) is 0 Å². The summed E-state index contributed by atoms with van der Waals surface area (Å²) >= 11 is 0. The average Bonchev–Trinajstić information content (AvgIpc) is 3.47. The van der Waals surface area contributed by atoms with E-state index in [1.54, 1.807) is 0 Å². The lowest BCUT2D eigenvalue weighted by atomic mass is 9.76. The Kier molecular flexibility index (Phi) is 11.8. The van der Waals surface area contributed by atoms with Crippen molar-refractivity contribution < 1.29 is 9.90 Å². The molecule has 0 unspecified atom stereocenters. The van der Waals surface area contributed by atoms with Crippen LogP contribution in [-0.2, 0) is 16.6 Å². The summed E-state index contributed by atoms with van der Waals surface area (Å²) in [5, 5.41) is 8.81. The predicted octanol–water partition coefficient (Wildman–Crippen LogP) is 9.95. The minimum atomic E-state index is -0.683. The molecule has 4 heteroatoms. The summed E-state index contributed by atoms with van der Waals surface area (Å²) in [6.07, 6.45) is 23.7. The van der Waals surface area contributed by atoms with Gasteiger partial charge in [0.25, 0.3) is 0 Å². The van der Waals surface area contributed by atoms with Gasteiger partial charge in [0.05, 0.1) is 0 Å². The number of benzene rings is 2. The Bertz CT molecular complexity index is 1150. The molecule has 1 N–H and O–H groups in total. The quantitative estimate of drug-likeness (QED) is 0.173. The van der Waals surface area contributed by atoms with Crippen LogP contribution in [-0.4, -0.2) is 21.0 Å². The third-order valence-electron chi connectivity index (χ3n) is 8.87. The van der Waals surface area contributed by atoms with Crippen molar-refractivity contribution in [2.45, 2.75) is 121 Å². The Morgan fingerprint density at radius 2 is 1.27 bits per heavy atom. The molecule has 0 aliphatic heterocycles. The van der Waals surface area contributed by atoms with E-state index in [1.807, 2.05) is 0 Å². The van der Waals surface area contributed by atoms with Crippen molar-refractivity contribution in [3.63, 3.8) is 0 Å². The van der Waals surface area contributed by atoms with Crippen LogP contribution in [0.3, 0.4) is 0 Å². The molecular formula is C36H48N2O2. The highest BCUT2D eigenvalue weighted by Gasteiger charge is 2.35. The molecule has 0 atom stereocenters. The van der Waals surface area contributed by atoms with E-state index in [-0.39, 0.29) is 5.41 Å². The molecule has 2 aromatic carbocycles. The van der Waals surface area contributed by atoms with E-state index in [0.29, 0.717) is 6.42 Å².